The number of imidazole rings is 1. The first-order valence-electron chi connectivity index (χ1n) is 9.20. The van der Waals surface area contributed by atoms with Crippen LogP contribution in [0.4, 0.5) is 0 Å². The average Bonchev–Trinajstić information content (AvgIpc) is 3.30. The normalized spacial score (nSPS) is 27.1. The summed E-state index contributed by atoms with van der Waals surface area (Å²) in [6.45, 7) is 2.46. The van der Waals surface area contributed by atoms with Crippen molar-refractivity contribution in [3.05, 3.63) is 18.2 Å². The van der Waals surface area contributed by atoms with Crippen molar-refractivity contribution in [2.24, 2.45) is 18.4 Å². The first-order valence-corrected chi connectivity index (χ1v) is 9.20. The first-order chi connectivity index (χ1) is 10.8. The van der Waals surface area contributed by atoms with Crippen molar-refractivity contribution in [2.45, 2.75) is 63.5 Å². The third-order valence-electron chi connectivity index (χ3n) is 6.36. The third-order valence-corrected chi connectivity index (χ3v) is 6.36. The SMILES string of the molecule is Cn1ccnc1[C@@H](NC1CCC2(CCNCC2)CC1)C1CC1. The predicted molar refractivity (Wildman–Crippen MR) is 88.6 cm³/mol. The maximum Gasteiger partial charge on any atom is 0.125 e. The molecule has 2 N–H and O–H groups in total. The van der Waals surface area contributed by atoms with Crippen molar-refractivity contribution < 1.29 is 0 Å². The molecule has 22 heavy (non-hydrogen) atoms. The number of aryl methyl sites for hydroxylation is 1. The molecule has 4 heteroatoms. The molecule has 4 rings (SSSR count). The molecule has 0 aromatic carbocycles. The van der Waals surface area contributed by atoms with Crippen LogP contribution >= 0.6 is 0 Å². The zero-order chi connectivity index (χ0) is 15.0. The fourth-order valence-corrected chi connectivity index (χ4v) is 4.64. The molecule has 1 spiro atoms. The number of nitrogens with one attached hydrogen (secondary N) is 2. The molecule has 2 heterocycles. The lowest BCUT2D eigenvalue weighted by Crippen LogP contribution is -2.44. The molecule has 0 amide bonds. The minimum Gasteiger partial charge on any atom is -0.337 e. The Labute approximate surface area is 134 Å². The lowest BCUT2D eigenvalue weighted by Gasteiger charge is -2.44. The minimum atomic E-state index is 0.479. The highest BCUT2D eigenvalue weighted by Crippen LogP contribution is 2.45. The molecule has 2 aliphatic carbocycles. The van der Waals surface area contributed by atoms with E-state index in [4.69, 9.17) is 0 Å². The third kappa shape index (κ3) is 2.95. The summed E-state index contributed by atoms with van der Waals surface area (Å²) in [5, 5.41) is 7.51. The Balaban J connectivity index is 1.38. The van der Waals surface area contributed by atoms with E-state index in [1.807, 2.05) is 6.20 Å². The van der Waals surface area contributed by atoms with Gasteiger partial charge in [-0.05, 0) is 75.8 Å². The maximum absolute atomic E-state index is 4.62. The molecule has 3 fully saturated rings. The Bertz CT molecular complexity index is 489. The van der Waals surface area contributed by atoms with E-state index in [9.17, 15) is 0 Å². The molecule has 1 aliphatic heterocycles. The highest BCUT2D eigenvalue weighted by atomic mass is 15.1. The van der Waals surface area contributed by atoms with Crippen molar-refractivity contribution in [3.63, 3.8) is 0 Å². The van der Waals surface area contributed by atoms with E-state index in [1.165, 1.54) is 70.3 Å². The lowest BCUT2D eigenvalue weighted by atomic mass is 9.67. The average molecular weight is 302 g/mol. The Kier molecular flexibility index (Phi) is 3.99. The van der Waals surface area contributed by atoms with Crippen LogP contribution in [0.3, 0.4) is 0 Å². The lowest BCUT2D eigenvalue weighted by molar-refractivity contribution is 0.110. The molecule has 1 saturated heterocycles. The topological polar surface area (TPSA) is 41.9 Å². The van der Waals surface area contributed by atoms with E-state index in [0.717, 1.165) is 5.92 Å². The Morgan fingerprint density at radius 1 is 1.18 bits per heavy atom. The summed E-state index contributed by atoms with van der Waals surface area (Å²) in [6, 6.07) is 1.18. The molecule has 1 aromatic rings. The van der Waals surface area contributed by atoms with Crippen molar-refractivity contribution in [2.75, 3.05) is 13.1 Å². The van der Waals surface area contributed by atoms with Gasteiger partial charge in [0.1, 0.15) is 5.82 Å². The number of rotatable bonds is 4. The van der Waals surface area contributed by atoms with Gasteiger partial charge >= 0.3 is 0 Å². The fourth-order valence-electron chi connectivity index (χ4n) is 4.64. The monoisotopic (exact) mass is 302 g/mol. The molecule has 3 aliphatic rings. The van der Waals surface area contributed by atoms with Gasteiger partial charge in [0, 0.05) is 25.5 Å². The summed E-state index contributed by atoms with van der Waals surface area (Å²) in [4.78, 5) is 4.62. The number of aromatic nitrogens is 2. The predicted octanol–water partition coefficient (Wildman–Crippen LogP) is 2.77. The zero-order valence-electron chi connectivity index (χ0n) is 13.9. The van der Waals surface area contributed by atoms with E-state index < -0.39 is 0 Å². The Morgan fingerprint density at radius 3 is 2.50 bits per heavy atom. The van der Waals surface area contributed by atoms with Crippen LogP contribution in [0.1, 0.15) is 63.2 Å². The Hall–Kier alpha value is -0.870. The molecule has 1 aromatic heterocycles. The summed E-state index contributed by atoms with van der Waals surface area (Å²) in [7, 11) is 2.13. The van der Waals surface area contributed by atoms with E-state index in [0.29, 0.717) is 17.5 Å². The highest BCUT2D eigenvalue weighted by molar-refractivity contribution is 5.06. The van der Waals surface area contributed by atoms with Gasteiger partial charge in [0.15, 0.2) is 0 Å². The summed E-state index contributed by atoms with van der Waals surface area (Å²) in [6.07, 6.45) is 15.1. The van der Waals surface area contributed by atoms with Crippen LogP contribution in [0.25, 0.3) is 0 Å². The van der Waals surface area contributed by atoms with Crippen molar-refractivity contribution in [1.29, 1.82) is 0 Å². The molecule has 1 atom stereocenters. The largest absolute Gasteiger partial charge is 0.337 e. The minimum absolute atomic E-state index is 0.479. The number of nitrogens with zero attached hydrogens (tertiary/aromatic N) is 2. The van der Waals surface area contributed by atoms with Gasteiger partial charge in [-0.25, -0.2) is 4.98 Å². The summed E-state index contributed by atoms with van der Waals surface area (Å²) in [5.74, 6) is 2.06. The van der Waals surface area contributed by atoms with Gasteiger partial charge in [-0.15, -0.1) is 0 Å². The molecule has 0 unspecified atom stereocenters. The van der Waals surface area contributed by atoms with Gasteiger partial charge in [-0.2, -0.15) is 0 Å². The van der Waals surface area contributed by atoms with Crippen LogP contribution in [0.2, 0.25) is 0 Å². The van der Waals surface area contributed by atoms with E-state index in [2.05, 4.69) is 33.4 Å². The van der Waals surface area contributed by atoms with Crippen molar-refractivity contribution in [1.82, 2.24) is 20.2 Å². The fraction of sp³-hybridized carbons (Fsp3) is 0.833. The van der Waals surface area contributed by atoms with E-state index in [1.54, 1.807) is 0 Å². The molecule has 0 bridgehead atoms. The van der Waals surface area contributed by atoms with Crippen molar-refractivity contribution >= 4 is 0 Å². The molecular weight excluding hydrogens is 272 g/mol. The van der Waals surface area contributed by atoms with E-state index in [-0.39, 0.29) is 0 Å². The molecule has 122 valence electrons. The molecule has 2 saturated carbocycles. The summed E-state index contributed by atoms with van der Waals surface area (Å²) < 4.78 is 2.20. The molecule has 0 radical (unpaired) electrons. The van der Waals surface area contributed by atoms with Gasteiger partial charge in [0.05, 0.1) is 6.04 Å². The molecular formula is C18H30N4. The van der Waals surface area contributed by atoms with Crippen LogP contribution in [-0.2, 0) is 7.05 Å². The van der Waals surface area contributed by atoms with Crippen molar-refractivity contribution in [3.8, 4) is 0 Å². The van der Waals surface area contributed by atoms with Crippen LogP contribution in [-0.4, -0.2) is 28.7 Å². The van der Waals surface area contributed by atoms with Gasteiger partial charge in [-0.3, -0.25) is 0 Å². The van der Waals surface area contributed by atoms with Crippen LogP contribution in [0.5, 0.6) is 0 Å². The number of piperidine rings is 1. The second-order valence-corrected chi connectivity index (χ2v) is 7.90. The Morgan fingerprint density at radius 2 is 1.91 bits per heavy atom. The van der Waals surface area contributed by atoms with Gasteiger partial charge in [-0.1, -0.05) is 0 Å². The molecule has 4 nitrogen and oxygen atoms in total. The summed E-state index contributed by atoms with van der Waals surface area (Å²) in [5.41, 5.74) is 0.668. The number of hydrogen-bond acceptors (Lipinski definition) is 3. The van der Waals surface area contributed by atoms with Gasteiger partial charge < -0.3 is 15.2 Å². The first kappa shape index (κ1) is 14.7. The smallest absolute Gasteiger partial charge is 0.125 e. The maximum atomic E-state index is 4.62. The van der Waals surface area contributed by atoms with Gasteiger partial charge in [0.25, 0.3) is 0 Å². The standard InChI is InChI=1S/C18H30N4/c1-22-13-12-20-17(22)16(14-2-3-14)21-15-4-6-18(7-5-15)8-10-19-11-9-18/h12-16,19,21H,2-11H2,1H3/t16-/m0/s1. The van der Waals surface area contributed by atoms with Crippen LogP contribution in [0, 0.1) is 11.3 Å². The van der Waals surface area contributed by atoms with Gasteiger partial charge in [0.2, 0.25) is 0 Å². The van der Waals surface area contributed by atoms with E-state index >= 15 is 0 Å². The second-order valence-electron chi connectivity index (χ2n) is 7.90. The zero-order valence-corrected chi connectivity index (χ0v) is 13.9. The summed E-state index contributed by atoms with van der Waals surface area (Å²) >= 11 is 0. The quantitative estimate of drug-likeness (QED) is 0.898. The second kappa shape index (κ2) is 5.97. The highest BCUT2D eigenvalue weighted by Gasteiger charge is 2.39. The van der Waals surface area contributed by atoms with Crippen LogP contribution in [0.15, 0.2) is 12.4 Å². The number of hydrogen-bond donors (Lipinski definition) is 2. The van der Waals surface area contributed by atoms with Crippen LogP contribution < -0.4 is 10.6 Å².